The molecule has 0 aromatic heterocycles. The molecule has 102 valence electrons. The molecule has 0 bridgehead atoms. The molecule has 2 heterocycles. The van der Waals surface area contributed by atoms with E-state index in [0.717, 1.165) is 4.90 Å². The van der Waals surface area contributed by atoms with Crippen LogP contribution in [-0.2, 0) is 9.53 Å². The first-order valence-corrected chi connectivity index (χ1v) is 5.73. The van der Waals surface area contributed by atoms with Gasteiger partial charge in [-0.3, -0.25) is 9.69 Å². The monoisotopic (exact) mass is 260 g/mol. The van der Waals surface area contributed by atoms with Crippen molar-refractivity contribution in [2.24, 2.45) is 0 Å². The zero-order valence-electron chi connectivity index (χ0n) is 9.65. The average molecular weight is 260 g/mol. The van der Waals surface area contributed by atoms with Crippen molar-refractivity contribution in [3.63, 3.8) is 0 Å². The van der Waals surface area contributed by atoms with Gasteiger partial charge in [-0.25, -0.2) is 4.79 Å². The maximum absolute atomic E-state index is 11.7. The summed E-state index contributed by atoms with van der Waals surface area (Å²) < 4.78 is 5.24. The number of ketones is 1. The van der Waals surface area contributed by atoms with Gasteiger partial charge in [-0.1, -0.05) is 0 Å². The maximum atomic E-state index is 11.7. The van der Waals surface area contributed by atoms with E-state index in [2.05, 4.69) is 5.32 Å². The second kappa shape index (κ2) is 5.19. The number of nitrogens with zero attached hydrogens (tertiary/aromatic N) is 1. The largest absolute Gasteiger partial charge is 0.394 e. The first-order chi connectivity index (χ1) is 8.54. The minimum Gasteiger partial charge on any atom is -0.394 e. The standard InChI is InChI=1S/C10H16N2O6/c13-4-6-7(15)8(16)9(18-6)12-2-1-5(14)3-11-10(12)17/h6-9,13,15-16H,1-4H2,(H,11,17)/t6-,7-,8-,9?/m1/s1. The highest BCUT2D eigenvalue weighted by Crippen LogP contribution is 2.24. The van der Waals surface area contributed by atoms with Gasteiger partial charge in [0.1, 0.15) is 18.3 Å². The number of rotatable bonds is 2. The molecule has 2 aliphatic heterocycles. The van der Waals surface area contributed by atoms with Crippen molar-refractivity contribution in [1.82, 2.24) is 10.2 Å². The molecule has 0 aromatic carbocycles. The third-order valence-corrected chi connectivity index (χ3v) is 3.15. The van der Waals surface area contributed by atoms with Crippen LogP contribution in [-0.4, -0.2) is 76.3 Å². The van der Waals surface area contributed by atoms with Crippen molar-refractivity contribution in [2.75, 3.05) is 19.7 Å². The van der Waals surface area contributed by atoms with Crippen molar-refractivity contribution in [3.05, 3.63) is 0 Å². The molecule has 2 amide bonds. The number of hydrogen-bond donors (Lipinski definition) is 4. The molecule has 0 aliphatic carbocycles. The third-order valence-electron chi connectivity index (χ3n) is 3.15. The zero-order valence-corrected chi connectivity index (χ0v) is 9.65. The predicted octanol–water partition coefficient (Wildman–Crippen LogP) is -2.59. The molecule has 2 aliphatic rings. The number of carbonyl (C=O) groups excluding carboxylic acids is 2. The molecule has 4 atom stereocenters. The minimum atomic E-state index is -1.30. The molecule has 2 saturated heterocycles. The molecule has 18 heavy (non-hydrogen) atoms. The Hall–Kier alpha value is -1.22. The Bertz CT molecular complexity index is 349. The Morgan fingerprint density at radius 1 is 1.33 bits per heavy atom. The SMILES string of the molecule is O=C1CCN(C2O[C@H](CO)[C@@H](O)[C@H]2O)C(=O)NC1. The molecule has 2 rings (SSSR count). The number of carbonyl (C=O) groups is 2. The second-order valence-corrected chi connectivity index (χ2v) is 4.37. The van der Waals surface area contributed by atoms with Gasteiger partial charge in [0.2, 0.25) is 0 Å². The molecule has 8 heteroatoms. The van der Waals surface area contributed by atoms with Gasteiger partial charge in [0.25, 0.3) is 0 Å². The third kappa shape index (κ3) is 2.32. The Morgan fingerprint density at radius 3 is 2.67 bits per heavy atom. The van der Waals surface area contributed by atoms with Crippen LogP contribution in [0, 0.1) is 0 Å². The van der Waals surface area contributed by atoms with Crippen LogP contribution in [0.1, 0.15) is 6.42 Å². The van der Waals surface area contributed by atoms with E-state index in [4.69, 9.17) is 9.84 Å². The predicted molar refractivity (Wildman–Crippen MR) is 57.5 cm³/mol. The highest BCUT2D eigenvalue weighted by molar-refractivity contribution is 5.87. The normalized spacial score (nSPS) is 37.6. The Balaban J connectivity index is 2.10. The molecule has 0 spiro atoms. The molecule has 2 fully saturated rings. The Morgan fingerprint density at radius 2 is 2.06 bits per heavy atom. The smallest absolute Gasteiger partial charge is 0.319 e. The van der Waals surface area contributed by atoms with E-state index in [9.17, 15) is 19.8 Å². The van der Waals surface area contributed by atoms with Crippen molar-refractivity contribution in [3.8, 4) is 0 Å². The fourth-order valence-corrected chi connectivity index (χ4v) is 2.09. The number of aliphatic hydroxyl groups is 3. The highest BCUT2D eigenvalue weighted by Gasteiger charge is 2.46. The van der Waals surface area contributed by atoms with Crippen LogP contribution in [0.15, 0.2) is 0 Å². The minimum absolute atomic E-state index is 0.0515. The summed E-state index contributed by atoms with van der Waals surface area (Å²) in [5, 5.41) is 30.8. The number of urea groups is 1. The van der Waals surface area contributed by atoms with Gasteiger partial charge in [-0.2, -0.15) is 0 Å². The first kappa shape index (κ1) is 13.2. The summed E-state index contributed by atoms with van der Waals surface area (Å²) in [4.78, 5) is 24.1. The molecule has 8 nitrogen and oxygen atoms in total. The summed E-state index contributed by atoms with van der Waals surface area (Å²) in [7, 11) is 0. The van der Waals surface area contributed by atoms with Crippen LogP contribution in [0.3, 0.4) is 0 Å². The van der Waals surface area contributed by atoms with Gasteiger partial charge in [-0.15, -0.1) is 0 Å². The summed E-state index contributed by atoms with van der Waals surface area (Å²) in [6, 6.07) is -0.532. The lowest BCUT2D eigenvalue weighted by molar-refractivity contribution is -0.118. The topological polar surface area (TPSA) is 119 Å². The van der Waals surface area contributed by atoms with E-state index in [1.807, 2.05) is 0 Å². The lowest BCUT2D eigenvalue weighted by atomic mass is 10.1. The lowest BCUT2D eigenvalue weighted by Gasteiger charge is -2.28. The van der Waals surface area contributed by atoms with Gasteiger partial charge in [0, 0.05) is 13.0 Å². The molecular weight excluding hydrogens is 244 g/mol. The average Bonchev–Trinajstić information content (AvgIpc) is 2.53. The van der Waals surface area contributed by atoms with Crippen LogP contribution in [0.25, 0.3) is 0 Å². The second-order valence-electron chi connectivity index (χ2n) is 4.37. The quantitative estimate of drug-likeness (QED) is 0.432. The van der Waals surface area contributed by atoms with E-state index in [1.165, 1.54) is 0 Å². The highest BCUT2D eigenvalue weighted by atomic mass is 16.6. The Labute approximate surface area is 103 Å². The summed E-state index contributed by atoms with van der Waals surface area (Å²) >= 11 is 0. The number of nitrogens with one attached hydrogen (secondary N) is 1. The molecule has 0 saturated carbocycles. The van der Waals surface area contributed by atoms with Crippen LogP contribution >= 0.6 is 0 Å². The van der Waals surface area contributed by atoms with Gasteiger partial charge in [0.15, 0.2) is 12.0 Å². The van der Waals surface area contributed by atoms with Gasteiger partial charge >= 0.3 is 6.03 Å². The van der Waals surface area contributed by atoms with E-state index >= 15 is 0 Å². The Kier molecular flexibility index (Phi) is 3.81. The number of ether oxygens (including phenoxy) is 1. The van der Waals surface area contributed by atoms with E-state index < -0.39 is 37.2 Å². The maximum Gasteiger partial charge on any atom is 0.319 e. The van der Waals surface area contributed by atoms with Crippen molar-refractivity contribution >= 4 is 11.8 Å². The number of aliphatic hydroxyl groups excluding tert-OH is 3. The summed E-state index contributed by atoms with van der Waals surface area (Å²) in [5.74, 6) is -0.113. The van der Waals surface area contributed by atoms with Gasteiger partial charge in [-0.05, 0) is 0 Å². The fraction of sp³-hybridized carbons (Fsp3) is 0.800. The van der Waals surface area contributed by atoms with Gasteiger partial charge < -0.3 is 25.4 Å². The van der Waals surface area contributed by atoms with Crippen molar-refractivity contribution < 1.29 is 29.6 Å². The van der Waals surface area contributed by atoms with Crippen molar-refractivity contribution in [1.29, 1.82) is 0 Å². The number of amides is 2. The molecular formula is C10H16N2O6. The molecule has 4 N–H and O–H groups in total. The van der Waals surface area contributed by atoms with Crippen LogP contribution in [0.5, 0.6) is 0 Å². The molecule has 0 aromatic rings. The number of hydrogen-bond acceptors (Lipinski definition) is 6. The van der Waals surface area contributed by atoms with Crippen LogP contribution < -0.4 is 5.32 Å². The summed E-state index contributed by atoms with van der Waals surface area (Å²) in [6.07, 6.45) is -4.39. The fourth-order valence-electron chi connectivity index (χ4n) is 2.09. The van der Waals surface area contributed by atoms with E-state index in [1.54, 1.807) is 0 Å². The van der Waals surface area contributed by atoms with Gasteiger partial charge in [0.05, 0.1) is 13.2 Å². The summed E-state index contributed by atoms with van der Waals surface area (Å²) in [6.45, 7) is -0.398. The van der Waals surface area contributed by atoms with Crippen LogP contribution in [0.4, 0.5) is 4.79 Å². The lowest BCUT2D eigenvalue weighted by Crippen LogP contribution is -2.50. The first-order valence-electron chi connectivity index (χ1n) is 5.73. The molecule has 0 radical (unpaired) electrons. The van der Waals surface area contributed by atoms with E-state index in [-0.39, 0.29) is 25.3 Å². The molecule has 1 unspecified atom stereocenters. The zero-order chi connectivity index (χ0) is 13.3. The number of Topliss-reactive ketones (excluding diaryl/α,β-unsaturated/α-hetero) is 1. The van der Waals surface area contributed by atoms with E-state index in [0.29, 0.717) is 0 Å². The summed E-state index contributed by atoms with van der Waals surface area (Å²) in [5.41, 5.74) is 0. The van der Waals surface area contributed by atoms with Crippen molar-refractivity contribution in [2.45, 2.75) is 31.0 Å². The van der Waals surface area contributed by atoms with Crippen LogP contribution in [0.2, 0.25) is 0 Å².